The van der Waals surface area contributed by atoms with Crippen molar-refractivity contribution in [3.05, 3.63) is 0 Å². The van der Waals surface area contributed by atoms with Gasteiger partial charge < -0.3 is 4.74 Å². The molecule has 0 unspecified atom stereocenters. The summed E-state index contributed by atoms with van der Waals surface area (Å²) in [5.41, 5.74) is -0.482. The minimum absolute atomic E-state index is 0.274. The molecule has 0 aromatic heterocycles. The van der Waals surface area contributed by atoms with Gasteiger partial charge in [0.2, 0.25) is 0 Å². The predicted octanol–water partition coefficient (Wildman–Crippen LogP) is 3.34. The minimum Gasteiger partial charge on any atom is -0.368 e. The van der Waals surface area contributed by atoms with Gasteiger partial charge in [-0.05, 0) is 32.6 Å². The summed E-state index contributed by atoms with van der Waals surface area (Å²) in [6.07, 6.45) is 6.21. The number of carbonyl (C=O) groups excluding carboxylic acids is 1. The Morgan fingerprint density at radius 2 is 1.73 bits per heavy atom. The maximum absolute atomic E-state index is 12.4. The van der Waals surface area contributed by atoms with Crippen molar-refractivity contribution in [2.75, 3.05) is 6.61 Å². The third-order valence-corrected chi connectivity index (χ3v) is 3.74. The molecule has 0 radical (unpaired) electrons. The van der Waals surface area contributed by atoms with Crippen molar-refractivity contribution in [1.29, 1.82) is 0 Å². The monoisotopic (exact) mass is 212 g/mol. The van der Waals surface area contributed by atoms with E-state index < -0.39 is 5.60 Å². The first-order valence-electron chi connectivity index (χ1n) is 6.38. The molecule has 0 aromatic carbocycles. The Balaban J connectivity index is 2.72. The number of hydrogen-bond donors (Lipinski definition) is 0. The third-order valence-electron chi connectivity index (χ3n) is 3.74. The number of carbonyl (C=O) groups is 1. The van der Waals surface area contributed by atoms with Crippen LogP contribution in [0, 0.1) is 5.92 Å². The largest absolute Gasteiger partial charge is 0.368 e. The molecule has 0 aliphatic heterocycles. The van der Waals surface area contributed by atoms with Gasteiger partial charge in [-0.3, -0.25) is 4.79 Å². The Morgan fingerprint density at radius 1 is 1.20 bits per heavy atom. The molecular weight excluding hydrogens is 188 g/mol. The van der Waals surface area contributed by atoms with Gasteiger partial charge in [0.25, 0.3) is 0 Å². The SMILES string of the molecule is CCOC(CC)(CC)C(=O)C1CCCC1. The maximum Gasteiger partial charge on any atom is 0.167 e. The molecule has 2 heteroatoms. The zero-order valence-corrected chi connectivity index (χ0v) is 10.3. The van der Waals surface area contributed by atoms with E-state index in [0.717, 1.165) is 25.7 Å². The van der Waals surface area contributed by atoms with Crippen LogP contribution in [-0.2, 0) is 9.53 Å². The molecule has 0 heterocycles. The fourth-order valence-corrected chi connectivity index (χ4v) is 2.71. The summed E-state index contributed by atoms with van der Waals surface area (Å²) in [6.45, 7) is 6.74. The van der Waals surface area contributed by atoms with E-state index in [1.807, 2.05) is 6.92 Å². The smallest absolute Gasteiger partial charge is 0.167 e. The highest BCUT2D eigenvalue weighted by molar-refractivity contribution is 5.89. The molecule has 0 aromatic rings. The van der Waals surface area contributed by atoms with E-state index in [-0.39, 0.29) is 5.92 Å². The van der Waals surface area contributed by atoms with E-state index in [2.05, 4.69) is 13.8 Å². The van der Waals surface area contributed by atoms with E-state index >= 15 is 0 Å². The summed E-state index contributed by atoms with van der Waals surface area (Å²) >= 11 is 0. The van der Waals surface area contributed by atoms with Gasteiger partial charge in [-0.25, -0.2) is 0 Å². The van der Waals surface area contributed by atoms with Crippen LogP contribution >= 0.6 is 0 Å². The lowest BCUT2D eigenvalue weighted by Crippen LogP contribution is -2.43. The van der Waals surface area contributed by atoms with Crippen LogP contribution < -0.4 is 0 Å². The van der Waals surface area contributed by atoms with Crippen LogP contribution in [0.3, 0.4) is 0 Å². The first-order chi connectivity index (χ1) is 7.20. The Kier molecular flexibility index (Phi) is 4.78. The number of ketones is 1. The third kappa shape index (κ3) is 2.60. The Hall–Kier alpha value is -0.370. The second kappa shape index (κ2) is 5.64. The van der Waals surface area contributed by atoms with Crippen LogP contribution in [0.1, 0.15) is 59.3 Å². The highest BCUT2D eigenvalue weighted by atomic mass is 16.5. The Labute approximate surface area is 93.4 Å². The molecule has 0 amide bonds. The molecule has 1 aliphatic carbocycles. The molecule has 0 saturated heterocycles. The number of Topliss-reactive ketones (excluding diaryl/α,β-unsaturated/α-hetero) is 1. The molecule has 0 N–H and O–H groups in total. The fraction of sp³-hybridized carbons (Fsp3) is 0.923. The van der Waals surface area contributed by atoms with Gasteiger partial charge in [0.1, 0.15) is 5.60 Å². The normalized spacial score (nSPS) is 18.3. The number of hydrogen-bond acceptors (Lipinski definition) is 2. The summed E-state index contributed by atoms with van der Waals surface area (Å²) in [6, 6.07) is 0. The molecule has 0 bridgehead atoms. The highest BCUT2D eigenvalue weighted by Crippen LogP contribution is 2.33. The first-order valence-corrected chi connectivity index (χ1v) is 6.38. The van der Waals surface area contributed by atoms with Gasteiger partial charge in [0.05, 0.1) is 0 Å². The van der Waals surface area contributed by atoms with Gasteiger partial charge in [-0.1, -0.05) is 26.7 Å². The van der Waals surface area contributed by atoms with Crippen molar-refractivity contribution in [1.82, 2.24) is 0 Å². The number of ether oxygens (including phenoxy) is 1. The van der Waals surface area contributed by atoms with Gasteiger partial charge in [-0.2, -0.15) is 0 Å². The minimum atomic E-state index is -0.482. The molecule has 1 rings (SSSR count). The van der Waals surface area contributed by atoms with Crippen molar-refractivity contribution in [3.63, 3.8) is 0 Å². The zero-order valence-electron chi connectivity index (χ0n) is 10.3. The maximum atomic E-state index is 12.4. The predicted molar refractivity (Wildman–Crippen MR) is 61.9 cm³/mol. The average molecular weight is 212 g/mol. The lowest BCUT2D eigenvalue weighted by Gasteiger charge is -2.32. The molecule has 1 aliphatic rings. The average Bonchev–Trinajstić information content (AvgIpc) is 2.78. The van der Waals surface area contributed by atoms with E-state index in [9.17, 15) is 4.79 Å². The van der Waals surface area contributed by atoms with Crippen molar-refractivity contribution in [3.8, 4) is 0 Å². The molecule has 1 fully saturated rings. The van der Waals surface area contributed by atoms with Gasteiger partial charge in [0, 0.05) is 12.5 Å². The molecule has 0 atom stereocenters. The first kappa shape index (κ1) is 12.7. The fourth-order valence-electron chi connectivity index (χ4n) is 2.71. The van der Waals surface area contributed by atoms with Crippen LogP contribution in [0.2, 0.25) is 0 Å². The second-order valence-electron chi connectivity index (χ2n) is 4.48. The Bertz CT molecular complexity index is 201. The van der Waals surface area contributed by atoms with Crippen LogP contribution in [0.5, 0.6) is 0 Å². The summed E-state index contributed by atoms with van der Waals surface area (Å²) in [5.74, 6) is 0.642. The van der Waals surface area contributed by atoms with Gasteiger partial charge in [0.15, 0.2) is 5.78 Å². The van der Waals surface area contributed by atoms with Crippen molar-refractivity contribution >= 4 is 5.78 Å². The number of rotatable bonds is 6. The van der Waals surface area contributed by atoms with E-state index in [1.165, 1.54) is 12.8 Å². The summed E-state index contributed by atoms with van der Waals surface area (Å²) in [7, 11) is 0. The van der Waals surface area contributed by atoms with Gasteiger partial charge in [-0.15, -0.1) is 0 Å². The lowest BCUT2D eigenvalue weighted by molar-refractivity contribution is -0.149. The van der Waals surface area contributed by atoms with Crippen molar-refractivity contribution < 1.29 is 9.53 Å². The van der Waals surface area contributed by atoms with Crippen LogP contribution in [0.15, 0.2) is 0 Å². The second-order valence-corrected chi connectivity index (χ2v) is 4.48. The van der Waals surface area contributed by atoms with Crippen molar-refractivity contribution in [2.45, 2.75) is 64.9 Å². The van der Waals surface area contributed by atoms with Crippen molar-refractivity contribution in [2.24, 2.45) is 5.92 Å². The molecule has 2 nitrogen and oxygen atoms in total. The molecular formula is C13H24O2. The summed E-state index contributed by atoms with van der Waals surface area (Å²) in [5, 5.41) is 0. The molecule has 1 saturated carbocycles. The van der Waals surface area contributed by atoms with Gasteiger partial charge >= 0.3 is 0 Å². The standard InChI is InChI=1S/C13H24O2/c1-4-13(5-2,15-6-3)12(14)11-9-7-8-10-11/h11H,4-10H2,1-3H3. The summed E-state index contributed by atoms with van der Waals surface area (Å²) in [4.78, 5) is 12.4. The van der Waals surface area contributed by atoms with E-state index in [1.54, 1.807) is 0 Å². The molecule has 0 spiro atoms. The topological polar surface area (TPSA) is 26.3 Å². The Morgan fingerprint density at radius 3 is 2.13 bits per heavy atom. The molecule has 88 valence electrons. The molecule has 15 heavy (non-hydrogen) atoms. The quantitative estimate of drug-likeness (QED) is 0.675. The lowest BCUT2D eigenvalue weighted by atomic mass is 9.83. The van der Waals surface area contributed by atoms with Crippen LogP contribution in [0.4, 0.5) is 0 Å². The summed E-state index contributed by atoms with van der Waals surface area (Å²) < 4.78 is 5.75. The van der Waals surface area contributed by atoms with Crippen LogP contribution in [0.25, 0.3) is 0 Å². The highest BCUT2D eigenvalue weighted by Gasteiger charge is 2.40. The van der Waals surface area contributed by atoms with Crippen LogP contribution in [-0.4, -0.2) is 18.0 Å². The zero-order chi connectivity index (χ0) is 11.3. The van der Waals surface area contributed by atoms with E-state index in [0.29, 0.717) is 12.4 Å². The van der Waals surface area contributed by atoms with E-state index in [4.69, 9.17) is 4.74 Å².